The Balaban J connectivity index is 2.34. The first kappa shape index (κ1) is 10.4. The molecule has 1 aliphatic rings. The second kappa shape index (κ2) is 4.49. The highest BCUT2D eigenvalue weighted by molar-refractivity contribution is 7.80. The van der Waals surface area contributed by atoms with E-state index in [-0.39, 0.29) is 0 Å². The lowest BCUT2D eigenvalue weighted by Gasteiger charge is -2.21. The van der Waals surface area contributed by atoms with Gasteiger partial charge in [0.05, 0.1) is 5.60 Å². The van der Waals surface area contributed by atoms with Gasteiger partial charge in [0.2, 0.25) is 0 Å². The molecule has 2 nitrogen and oxygen atoms in total. The second-order valence-electron chi connectivity index (χ2n) is 3.92. The number of likely N-dealkylation sites (tertiary alicyclic amines) is 1. The van der Waals surface area contributed by atoms with Crippen molar-refractivity contribution >= 4 is 12.6 Å². The average Bonchev–Trinajstić information content (AvgIpc) is 2.14. The van der Waals surface area contributed by atoms with E-state index in [4.69, 9.17) is 0 Å². The molecule has 0 aliphatic carbocycles. The van der Waals surface area contributed by atoms with Crippen LogP contribution in [-0.4, -0.2) is 41.0 Å². The van der Waals surface area contributed by atoms with Gasteiger partial charge < -0.3 is 10.0 Å². The van der Waals surface area contributed by atoms with Gasteiger partial charge in [-0.2, -0.15) is 12.6 Å². The van der Waals surface area contributed by atoms with E-state index in [9.17, 15) is 5.11 Å². The highest BCUT2D eigenvalue weighted by Crippen LogP contribution is 2.20. The van der Waals surface area contributed by atoms with Crippen LogP contribution in [0.4, 0.5) is 0 Å². The normalized spacial score (nSPS) is 33.2. The van der Waals surface area contributed by atoms with Crippen molar-refractivity contribution in [3.63, 3.8) is 0 Å². The van der Waals surface area contributed by atoms with Crippen LogP contribution in [-0.2, 0) is 0 Å². The zero-order valence-corrected chi connectivity index (χ0v) is 8.69. The van der Waals surface area contributed by atoms with Gasteiger partial charge in [-0.25, -0.2) is 0 Å². The average molecular weight is 189 g/mol. The van der Waals surface area contributed by atoms with E-state index < -0.39 is 5.60 Å². The molecule has 0 bridgehead atoms. The van der Waals surface area contributed by atoms with Crippen molar-refractivity contribution in [1.82, 2.24) is 4.90 Å². The summed E-state index contributed by atoms with van der Waals surface area (Å²) in [5.74, 6) is 0.919. The molecule has 1 unspecified atom stereocenters. The molecule has 1 rings (SSSR count). The van der Waals surface area contributed by atoms with Gasteiger partial charge in [-0.3, -0.25) is 0 Å². The molecular formula is C9H19NOS. The lowest BCUT2D eigenvalue weighted by Crippen LogP contribution is -2.29. The van der Waals surface area contributed by atoms with Gasteiger partial charge >= 0.3 is 0 Å². The molecule has 0 aromatic rings. The standard InChI is InChI=1S/C9H19NOS/c1-9(11)3-2-5-10(6-4-9)7-8-12/h11-12H,2-8H2,1H3. The Morgan fingerprint density at radius 2 is 2.17 bits per heavy atom. The zero-order chi connectivity index (χ0) is 9.03. The maximum absolute atomic E-state index is 9.79. The molecule has 0 aromatic heterocycles. The molecule has 0 radical (unpaired) electrons. The summed E-state index contributed by atoms with van der Waals surface area (Å²) in [5, 5.41) is 9.79. The minimum absolute atomic E-state index is 0.425. The molecule has 0 spiro atoms. The molecule has 1 N–H and O–H groups in total. The molecule has 1 heterocycles. The fraction of sp³-hybridized carbons (Fsp3) is 1.00. The summed E-state index contributed by atoms with van der Waals surface area (Å²) in [6.45, 7) is 5.14. The van der Waals surface area contributed by atoms with Crippen LogP contribution in [0, 0.1) is 0 Å². The maximum atomic E-state index is 9.79. The molecule has 0 saturated carbocycles. The van der Waals surface area contributed by atoms with Crippen molar-refractivity contribution in [2.45, 2.75) is 31.8 Å². The van der Waals surface area contributed by atoms with E-state index in [1.165, 1.54) is 0 Å². The second-order valence-corrected chi connectivity index (χ2v) is 4.36. The van der Waals surface area contributed by atoms with Crippen LogP contribution in [0.2, 0.25) is 0 Å². The van der Waals surface area contributed by atoms with E-state index >= 15 is 0 Å². The fourth-order valence-electron chi connectivity index (χ4n) is 1.68. The minimum Gasteiger partial charge on any atom is -0.390 e. The van der Waals surface area contributed by atoms with E-state index in [0.29, 0.717) is 0 Å². The number of hydrogen-bond acceptors (Lipinski definition) is 3. The van der Waals surface area contributed by atoms with Gasteiger partial charge in [0.15, 0.2) is 0 Å². The summed E-state index contributed by atoms with van der Waals surface area (Å²) >= 11 is 4.21. The molecule has 1 fully saturated rings. The summed E-state index contributed by atoms with van der Waals surface area (Å²) in [5.41, 5.74) is -0.425. The van der Waals surface area contributed by atoms with Crippen LogP contribution in [0.1, 0.15) is 26.2 Å². The molecular weight excluding hydrogens is 170 g/mol. The van der Waals surface area contributed by atoms with Crippen LogP contribution in [0.25, 0.3) is 0 Å². The molecule has 72 valence electrons. The lowest BCUT2D eigenvalue weighted by molar-refractivity contribution is 0.0449. The molecule has 0 amide bonds. The summed E-state index contributed by atoms with van der Waals surface area (Å²) < 4.78 is 0. The summed E-state index contributed by atoms with van der Waals surface area (Å²) in [6.07, 6.45) is 2.96. The van der Waals surface area contributed by atoms with Crippen molar-refractivity contribution in [1.29, 1.82) is 0 Å². The summed E-state index contributed by atoms with van der Waals surface area (Å²) in [6, 6.07) is 0. The van der Waals surface area contributed by atoms with Gasteiger partial charge in [-0.05, 0) is 32.7 Å². The largest absolute Gasteiger partial charge is 0.390 e. The van der Waals surface area contributed by atoms with Gasteiger partial charge in [-0.15, -0.1) is 0 Å². The smallest absolute Gasteiger partial charge is 0.0632 e. The van der Waals surface area contributed by atoms with Gasteiger partial charge in [0, 0.05) is 18.8 Å². The highest BCUT2D eigenvalue weighted by atomic mass is 32.1. The number of rotatable bonds is 2. The van der Waals surface area contributed by atoms with Crippen LogP contribution < -0.4 is 0 Å². The van der Waals surface area contributed by atoms with Crippen molar-refractivity contribution in [2.75, 3.05) is 25.4 Å². The molecule has 1 saturated heterocycles. The molecule has 0 aromatic carbocycles. The van der Waals surface area contributed by atoms with E-state index in [2.05, 4.69) is 17.5 Å². The van der Waals surface area contributed by atoms with Crippen molar-refractivity contribution in [3.05, 3.63) is 0 Å². The quantitative estimate of drug-likeness (QED) is 0.637. The van der Waals surface area contributed by atoms with Gasteiger partial charge in [-0.1, -0.05) is 0 Å². The molecule has 12 heavy (non-hydrogen) atoms. The van der Waals surface area contributed by atoms with Crippen LogP contribution in [0.3, 0.4) is 0 Å². The van der Waals surface area contributed by atoms with E-state index in [0.717, 1.165) is 44.6 Å². The molecule has 1 aliphatic heterocycles. The Kier molecular flexibility index (Phi) is 3.87. The third-order valence-electron chi connectivity index (χ3n) is 2.57. The predicted molar refractivity (Wildman–Crippen MR) is 54.8 cm³/mol. The monoisotopic (exact) mass is 189 g/mol. The Hall–Kier alpha value is 0.270. The Bertz CT molecular complexity index is 138. The third-order valence-corrected chi connectivity index (χ3v) is 2.77. The zero-order valence-electron chi connectivity index (χ0n) is 7.79. The number of thiol groups is 1. The van der Waals surface area contributed by atoms with Crippen LogP contribution >= 0.6 is 12.6 Å². The number of aliphatic hydroxyl groups is 1. The predicted octanol–water partition coefficient (Wildman–Crippen LogP) is 1.15. The Morgan fingerprint density at radius 1 is 1.42 bits per heavy atom. The highest BCUT2D eigenvalue weighted by Gasteiger charge is 2.24. The SMILES string of the molecule is CC1(O)CCCN(CCS)CC1. The molecule has 3 heteroatoms. The first-order valence-corrected chi connectivity index (χ1v) is 5.33. The fourth-order valence-corrected chi connectivity index (χ4v) is 1.97. The van der Waals surface area contributed by atoms with E-state index in [1.54, 1.807) is 0 Å². The van der Waals surface area contributed by atoms with Gasteiger partial charge in [0.1, 0.15) is 0 Å². The maximum Gasteiger partial charge on any atom is 0.0632 e. The summed E-state index contributed by atoms with van der Waals surface area (Å²) in [4.78, 5) is 2.38. The van der Waals surface area contributed by atoms with Crippen LogP contribution in [0.5, 0.6) is 0 Å². The van der Waals surface area contributed by atoms with Crippen molar-refractivity contribution in [3.8, 4) is 0 Å². The number of hydrogen-bond donors (Lipinski definition) is 2. The van der Waals surface area contributed by atoms with Gasteiger partial charge in [0.25, 0.3) is 0 Å². The van der Waals surface area contributed by atoms with E-state index in [1.807, 2.05) is 6.92 Å². The molecule has 1 atom stereocenters. The topological polar surface area (TPSA) is 23.5 Å². The van der Waals surface area contributed by atoms with Crippen molar-refractivity contribution < 1.29 is 5.11 Å². The third kappa shape index (κ3) is 3.33. The Labute approximate surface area is 80.4 Å². The lowest BCUT2D eigenvalue weighted by atomic mass is 9.98. The van der Waals surface area contributed by atoms with Crippen molar-refractivity contribution in [2.24, 2.45) is 0 Å². The summed E-state index contributed by atoms with van der Waals surface area (Å²) in [7, 11) is 0. The number of nitrogens with zero attached hydrogens (tertiary/aromatic N) is 1. The Morgan fingerprint density at radius 3 is 2.83 bits per heavy atom. The van der Waals surface area contributed by atoms with Crippen LogP contribution in [0.15, 0.2) is 0 Å². The first-order valence-electron chi connectivity index (χ1n) is 4.70. The minimum atomic E-state index is -0.425. The first-order chi connectivity index (χ1) is 5.64.